The van der Waals surface area contributed by atoms with E-state index in [9.17, 15) is 0 Å². The molecule has 0 aliphatic heterocycles. The number of benzene rings is 2. The summed E-state index contributed by atoms with van der Waals surface area (Å²) in [4.78, 5) is 0. The topological polar surface area (TPSA) is 0 Å². The number of rotatable bonds is 4. The van der Waals surface area contributed by atoms with Crippen LogP contribution in [0.3, 0.4) is 0 Å². The molecule has 2 aromatic carbocycles. The summed E-state index contributed by atoms with van der Waals surface area (Å²) in [5.74, 6) is 0. The Hall–Kier alpha value is -2.60. The molecule has 0 heterocycles. The lowest BCUT2D eigenvalue weighted by molar-refractivity contribution is 1.63. The average Bonchev–Trinajstić information content (AvgIpc) is 2.55. The fraction of sp³-hybridized carbons (Fsp3) is 0. The Morgan fingerprint density at radius 3 is 0.650 bits per heavy atom. The second kappa shape index (κ2) is 8.49. The predicted octanol–water partition coefficient (Wildman–Crippen LogP) is 5.95. The summed E-state index contributed by atoms with van der Waals surface area (Å²) in [7, 11) is 0. The van der Waals surface area contributed by atoms with Gasteiger partial charge in [0.25, 0.3) is 0 Å². The molecule has 0 saturated carbocycles. The summed E-state index contributed by atoms with van der Waals surface area (Å²) in [6.45, 7) is 14.6. The lowest BCUT2D eigenvalue weighted by Crippen LogP contribution is -1.71. The Morgan fingerprint density at radius 1 is 0.400 bits per heavy atom. The van der Waals surface area contributed by atoms with Crippen LogP contribution in [0.25, 0.3) is 24.3 Å². The van der Waals surface area contributed by atoms with E-state index in [-0.39, 0.29) is 0 Å². The van der Waals surface area contributed by atoms with Gasteiger partial charge in [-0.3, -0.25) is 0 Å². The largest absolute Gasteiger partial charge is 0.0985 e. The van der Waals surface area contributed by atoms with Crippen LogP contribution in [0.1, 0.15) is 22.3 Å². The lowest BCUT2D eigenvalue weighted by atomic mass is 10.1. The average molecular weight is 260 g/mol. The van der Waals surface area contributed by atoms with Crippen molar-refractivity contribution in [3.63, 3.8) is 0 Å². The third kappa shape index (κ3) is 4.95. The molecule has 0 nitrogen and oxygen atoms in total. The van der Waals surface area contributed by atoms with Crippen molar-refractivity contribution in [3.8, 4) is 0 Å². The van der Waals surface area contributed by atoms with Crippen LogP contribution in [-0.2, 0) is 0 Å². The Balaban J connectivity index is 0.000000200. The Bertz CT molecular complexity index is 459. The van der Waals surface area contributed by atoms with Crippen molar-refractivity contribution in [1.29, 1.82) is 0 Å². The normalized spacial score (nSPS) is 8.80. The van der Waals surface area contributed by atoms with E-state index < -0.39 is 0 Å². The zero-order chi connectivity index (χ0) is 14.8. The van der Waals surface area contributed by atoms with Crippen LogP contribution in [0.2, 0.25) is 0 Å². The van der Waals surface area contributed by atoms with Crippen LogP contribution in [0.4, 0.5) is 0 Å². The van der Waals surface area contributed by atoms with Crippen molar-refractivity contribution < 1.29 is 0 Å². The first-order valence-electron chi connectivity index (χ1n) is 6.43. The highest BCUT2D eigenvalue weighted by atomic mass is 13.9. The van der Waals surface area contributed by atoms with Crippen molar-refractivity contribution in [2.75, 3.05) is 0 Å². The maximum atomic E-state index is 3.66. The maximum absolute atomic E-state index is 3.66. The van der Waals surface area contributed by atoms with Gasteiger partial charge >= 0.3 is 0 Å². The second-order valence-corrected chi connectivity index (χ2v) is 4.15. The first-order valence-corrected chi connectivity index (χ1v) is 6.43. The molecule has 0 saturated heterocycles. The molecule has 0 N–H and O–H groups in total. The summed E-state index contributed by atoms with van der Waals surface area (Å²) >= 11 is 0. The van der Waals surface area contributed by atoms with E-state index in [4.69, 9.17) is 0 Å². The van der Waals surface area contributed by atoms with Crippen LogP contribution < -0.4 is 0 Å². The molecular formula is C20H20. The van der Waals surface area contributed by atoms with E-state index in [1.807, 2.05) is 72.8 Å². The molecule has 100 valence electrons. The summed E-state index contributed by atoms with van der Waals surface area (Å²) in [5.41, 5.74) is 4.58. The SMILES string of the molecule is C=Cc1ccc(C=C)cc1.C=Cc1ccc(C=C)cc1. The van der Waals surface area contributed by atoms with Crippen molar-refractivity contribution in [2.45, 2.75) is 0 Å². The van der Waals surface area contributed by atoms with E-state index in [0.717, 1.165) is 22.3 Å². The summed E-state index contributed by atoms with van der Waals surface area (Å²) in [6.07, 6.45) is 7.31. The molecule has 0 amide bonds. The van der Waals surface area contributed by atoms with Gasteiger partial charge in [0.15, 0.2) is 0 Å². The summed E-state index contributed by atoms with van der Waals surface area (Å²) in [6, 6.07) is 16.1. The Kier molecular flexibility index (Phi) is 6.56. The van der Waals surface area contributed by atoms with Crippen molar-refractivity contribution in [3.05, 3.63) is 97.1 Å². The van der Waals surface area contributed by atoms with Crippen LogP contribution in [-0.4, -0.2) is 0 Å². The van der Waals surface area contributed by atoms with Gasteiger partial charge in [-0.25, -0.2) is 0 Å². The fourth-order valence-corrected chi connectivity index (χ4v) is 1.54. The van der Waals surface area contributed by atoms with Crippen LogP contribution >= 0.6 is 0 Å². The summed E-state index contributed by atoms with van der Waals surface area (Å²) in [5, 5.41) is 0. The van der Waals surface area contributed by atoms with Crippen LogP contribution in [0.15, 0.2) is 74.8 Å². The molecule has 0 aliphatic carbocycles. The quantitative estimate of drug-likeness (QED) is 0.637. The highest BCUT2D eigenvalue weighted by Crippen LogP contribution is 2.06. The minimum Gasteiger partial charge on any atom is -0.0985 e. The molecule has 20 heavy (non-hydrogen) atoms. The first-order chi connectivity index (χ1) is 9.73. The maximum Gasteiger partial charge on any atom is -0.0262 e. The monoisotopic (exact) mass is 260 g/mol. The third-order valence-corrected chi connectivity index (χ3v) is 2.82. The molecule has 0 heteroatoms. The van der Waals surface area contributed by atoms with Gasteiger partial charge in [0, 0.05) is 0 Å². The number of hydrogen-bond donors (Lipinski definition) is 0. The predicted molar refractivity (Wildman–Crippen MR) is 93.2 cm³/mol. The molecule has 0 atom stereocenters. The van der Waals surface area contributed by atoms with Crippen molar-refractivity contribution in [2.24, 2.45) is 0 Å². The second-order valence-electron chi connectivity index (χ2n) is 4.15. The molecule has 0 fully saturated rings. The molecule has 0 bridgehead atoms. The third-order valence-electron chi connectivity index (χ3n) is 2.82. The van der Waals surface area contributed by atoms with Gasteiger partial charge in [-0.1, -0.05) is 99.2 Å². The van der Waals surface area contributed by atoms with Gasteiger partial charge < -0.3 is 0 Å². The van der Waals surface area contributed by atoms with E-state index in [1.165, 1.54) is 0 Å². The molecule has 0 aromatic heterocycles. The highest BCUT2D eigenvalue weighted by Gasteiger charge is 1.85. The zero-order valence-corrected chi connectivity index (χ0v) is 11.8. The van der Waals surface area contributed by atoms with Crippen molar-refractivity contribution in [1.82, 2.24) is 0 Å². The van der Waals surface area contributed by atoms with E-state index in [2.05, 4.69) is 26.3 Å². The van der Waals surface area contributed by atoms with Crippen molar-refractivity contribution >= 4 is 24.3 Å². The van der Waals surface area contributed by atoms with E-state index >= 15 is 0 Å². The van der Waals surface area contributed by atoms with Gasteiger partial charge in [-0.15, -0.1) is 0 Å². The Morgan fingerprint density at radius 2 is 0.550 bits per heavy atom. The van der Waals surface area contributed by atoms with E-state index in [1.54, 1.807) is 0 Å². The molecule has 0 unspecified atom stereocenters. The smallest absolute Gasteiger partial charge is 0.0262 e. The molecule has 0 radical (unpaired) electrons. The molecule has 2 aromatic rings. The number of hydrogen-bond acceptors (Lipinski definition) is 0. The van der Waals surface area contributed by atoms with E-state index in [0.29, 0.717) is 0 Å². The zero-order valence-electron chi connectivity index (χ0n) is 11.8. The highest BCUT2D eigenvalue weighted by molar-refractivity contribution is 5.54. The minimum atomic E-state index is 1.14. The fourth-order valence-electron chi connectivity index (χ4n) is 1.54. The molecule has 0 aliphatic rings. The first kappa shape index (κ1) is 15.5. The Labute approximate surface area is 122 Å². The molecular weight excluding hydrogens is 240 g/mol. The van der Waals surface area contributed by atoms with Gasteiger partial charge in [0.1, 0.15) is 0 Å². The summed E-state index contributed by atoms with van der Waals surface area (Å²) < 4.78 is 0. The molecule has 0 spiro atoms. The van der Waals surface area contributed by atoms with Crippen LogP contribution in [0, 0.1) is 0 Å². The van der Waals surface area contributed by atoms with Crippen LogP contribution in [0.5, 0.6) is 0 Å². The van der Waals surface area contributed by atoms with Gasteiger partial charge in [0.05, 0.1) is 0 Å². The van der Waals surface area contributed by atoms with Gasteiger partial charge in [-0.05, 0) is 22.3 Å². The molecule has 2 rings (SSSR count). The van der Waals surface area contributed by atoms with Gasteiger partial charge in [0.2, 0.25) is 0 Å². The minimum absolute atomic E-state index is 1.14. The standard InChI is InChI=1S/2C10H10/c2*1-3-9-5-7-10(4-2)8-6-9/h2*3-8H,1-2H2. The lowest BCUT2D eigenvalue weighted by Gasteiger charge is -1.92. The van der Waals surface area contributed by atoms with Gasteiger partial charge in [-0.2, -0.15) is 0 Å².